The van der Waals surface area contributed by atoms with E-state index in [-0.39, 0.29) is 6.04 Å². The fraction of sp³-hybridized carbons (Fsp3) is 0.588. The van der Waals surface area contributed by atoms with Crippen LogP contribution in [0.25, 0.3) is 0 Å². The normalized spacial score (nSPS) is 15.9. The second-order valence-electron chi connectivity index (χ2n) is 5.96. The van der Waals surface area contributed by atoms with Gasteiger partial charge in [0.25, 0.3) is 0 Å². The van der Waals surface area contributed by atoms with Gasteiger partial charge >= 0.3 is 0 Å². The van der Waals surface area contributed by atoms with Crippen LogP contribution in [-0.4, -0.2) is 16.8 Å². The van der Waals surface area contributed by atoms with Crippen molar-refractivity contribution in [1.82, 2.24) is 4.90 Å². The Morgan fingerprint density at radius 1 is 1.21 bits per heavy atom. The molecule has 104 valence electrons. The highest BCUT2D eigenvalue weighted by Gasteiger charge is 2.23. The molecule has 2 heteroatoms. The monoisotopic (exact) mass is 259 g/mol. The zero-order valence-corrected chi connectivity index (χ0v) is 12.1. The number of hydrogen-bond acceptors (Lipinski definition) is 1. The standard InChI is InChI=1S/C17H25NO/c1-14(2)18(13-16-10-4-3-5-11-16)17(19)12-15-8-6-7-9-15/h3-5,10-11,14-15H,6-9,12-13H2,1-2H3. The predicted octanol–water partition coefficient (Wildman–Crippen LogP) is 4.00. The lowest BCUT2D eigenvalue weighted by molar-refractivity contribution is -0.134. The molecule has 2 nitrogen and oxygen atoms in total. The lowest BCUT2D eigenvalue weighted by Crippen LogP contribution is -2.37. The molecule has 19 heavy (non-hydrogen) atoms. The van der Waals surface area contributed by atoms with Gasteiger partial charge in [-0.15, -0.1) is 0 Å². The van der Waals surface area contributed by atoms with Crippen molar-refractivity contribution in [3.8, 4) is 0 Å². The Morgan fingerprint density at radius 3 is 2.42 bits per heavy atom. The van der Waals surface area contributed by atoms with Crippen molar-refractivity contribution >= 4 is 5.91 Å². The molecular formula is C17H25NO. The Hall–Kier alpha value is -1.31. The molecule has 0 unspecified atom stereocenters. The summed E-state index contributed by atoms with van der Waals surface area (Å²) in [6, 6.07) is 10.6. The van der Waals surface area contributed by atoms with E-state index in [1.165, 1.54) is 31.2 Å². The van der Waals surface area contributed by atoms with Gasteiger partial charge in [-0.05, 0) is 38.2 Å². The largest absolute Gasteiger partial charge is 0.336 e. The maximum Gasteiger partial charge on any atom is 0.223 e. The Labute approximate surface area is 116 Å². The summed E-state index contributed by atoms with van der Waals surface area (Å²) in [5, 5.41) is 0. The average molecular weight is 259 g/mol. The summed E-state index contributed by atoms with van der Waals surface area (Å²) in [6.07, 6.45) is 5.83. The number of amides is 1. The Bertz CT molecular complexity index is 393. The third kappa shape index (κ3) is 4.09. The van der Waals surface area contributed by atoms with E-state index in [9.17, 15) is 4.79 Å². The van der Waals surface area contributed by atoms with Crippen LogP contribution in [0, 0.1) is 5.92 Å². The number of nitrogens with zero attached hydrogens (tertiary/aromatic N) is 1. The molecular weight excluding hydrogens is 234 g/mol. The van der Waals surface area contributed by atoms with Crippen LogP contribution in [0.3, 0.4) is 0 Å². The molecule has 0 saturated heterocycles. The zero-order valence-electron chi connectivity index (χ0n) is 12.1. The minimum absolute atomic E-state index is 0.272. The summed E-state index contributed by atoms with van der Waals surface area (Å²) in [4.78, 5) is 14.5. The fourth-order valence-electron chi connectivity index (χ4n) is 2.92. The SMILES string of the molecule is CC(C)N(Cc1ccccc1)C(=O)CC1CCCC1. The minimum atomic E-state index is 0.272. The smallest absolute Gasteiger partial charge is 0.223 e. The summed E-state index contributed by atoms with van der Waals surface area (Å²) in [5.74, 6) is 0.954. The van der Waals surface area contributed by atoms with Gasteiger partial charge in [0.2, 0.25) is 5.91 Å². The van der Waals surface area contributed by atoms with Crippen LogP contribution >= 0.6 is 0 Å². The van der Waals surface area contributed by atoms with E-state index >= 15 is 0 Å². The maximum absolute atomic E-state index is 12.5. The summed E-state index contributed by atoms with van der Waals surface area (Å²) >= 11 is 0. The second-order valence-corrected chi connectivity index (χ2v) is 5.96. The van der Waals surface area contributed by atoms with Crippen molar-refractivity contribution in [2.24, 2.45) is 5.92 Å². The van der Waals surface area contributed by atoms with E-state index in [0.29, 0.717) is 11.8 Å². The van der Waals surface area contributed by atoms with Gasteiger partial charge in [-0.1, -0.05) is 43.2 Å². The first kappa shape index (κ1) is 14.1. The lowest BCUT2D eigenvalue weighted by atomic mass is 10.0. The Kier molecular flexibility index (Phi) is 5.00. The van der Waals surface area contributed by atoms with Crippen LogP contribution in [0.15, 0.2) is 30.3 Å². The van der Waals surface area contributed by atoms with Gasteiger partial charge in [-0.2, -0.15) is 0 Å². The van der Waals surface area contributed by atoms with Gasteiger partial charge in [-0.3, -0.25) is 4.79 Å². The summed E-state index contributed by atoms with van der Waals surface area (Å²) in [5.41, 5.74) is 1.22. The zero-order chi connectivity index (χ0) is 13.7. The summed E-state index contributed by atoms with van der Waals surface area (Å²) < 4.78 is 0. The molecule has 1 aromatic carbocycles. The number of carbonyl (C=O) groups is 1. The molecule has 0 radical (unpaired) electrons. The average Bonchev–Trinajstić information content (AvgIpc) is 2.89. The number of hydrogen-bond donors (Lipinski definition) is 0. The van der Waals surface area contributed by atoms with Crippen molar-refractivity contribution in [3.63, 3.8) is 0 Å². The van der Waals surface area contributed by atoms with E-state index < -0.39 is 0 Å². The van der Waals surface area contributed by atoms with Crippen LogP contribution in [0.4, 0.5) is 0 Å². The molecule has 0 aromatic heterocycles. The van der Waals surface area contributed by atoms with Crippen molar-refractivity contribution in [2.45, 2.75) is 58.5 Å². The first-order chi connectivity index (χ1) is 9.16. The molecule has 1 aliphatic carbocycles. The third-order valence-corrected chi connectivity index (χ3v) is 4.08. The van der Waals surface area contributed by atoms with E-state index in [4.69, 9.17) is 0 Å². The van der Waals surface area contributed by atoms with E-state index in [0.717, 1.165) is 13.0 Å². The molecule has 0 aliphatic heterocycles. The van der Waals surface area contributed by atoms with Crippen LogP contribution in [0.1, 0.15) is 51.5 Å². The van der Waals surface area contributed by atoms with Gasteiger partial charge < -0.3 is 4.90 Å². The number of rotatable bonds is 5. The molecule has 1 aliphatic rings. The van der Waals surface area contributed by atoms with Crippen molar-refractivity contribution in [3.05, 3.63) is 35.9 Å². The highest BCUT2D eigenvalue weighted by Crippen LogP contribution is 2.28. The van der Waals surface area contributed by atoms with Gasteiger partial charge in [0, 0.05) is 19.0 Å². The highest BCUT2D eigenvalue weighted by molar-refractivity contribution is 5.76. The van der Waals surface area contributed by atoms with Crippen molar-refractivity contribution in [1.29, 1.82) is 0 Å². The van der Waals surface area contributed by atoms with E-state index in [2.05, 4.69) is 26.0 Å². The first-order valence-corrected chi connectivity index (χ1v) is 7.50. The molecule has 1 amide bonds. The Balaban J connectivity index is 1.96. The summed E-state index contributed by atoms with van der Waals surface area (Å²) in [6.45, 7) is 4.95. The van der Waals surface area contributed by atoms with E-state index in [1.54, 1.807) is 0 Å². The van der Waals surface area contributed by atoms with Gasteiger partial charge in [0.15, 0.2) is 0 Å². The van der Waals surface area contributed by atoms with Crippen LogP contribution in [0.2, 0.25) is 0 Å². The van der Waals surface area contributed by atoms with E-state index in [1.807, 2.05) is 23.1 Å². The predicted molar refractivity (Wildman–Crippen MR) is 78.7 cm³/mol. The van der Waals surface area contributed by atoms with Gasteiger partial charge in [-0.25, -0.2) is 0 Å². The topological polar surface area (TPSA) is 20.3 Å². The summed E-state index contributed by atoms with van der Waals surface area (Å²) in [7, 11) is 0. The molecule has 0 N–H and O–H groups in total. The first-order valence-electron chi connectivity index (χ1n) is 7.50. The van der Waals surface area contributed by atoms with Crippen molar-refractivity contribution < 1.29 is 4.79 Å². The van der Waals surface area contributed by atoms with Crippen LogP contribution < -0.4 is 0 Å². The minimum Gasteiger partial charge on any atom is -0.336 e. The maximum atomic E-state index is 12.5. The van der Waals surface area contributed by atoms with Gasteiger partial charge in [0.1, 0.15) is 0 Å². The molecule has 0 spiro atoms. The fourth-order valence-corrected chi connectivity index (χ4v) is 2.92. The quantitative estimate of drug-likeness (QED) is 0.782. The molecule has 1 fully saturated rings. The molecule has 1 aromatic rings. The second kappa shape index (κ2) is 6.74. The number of carbonyl (C=O) groups excluding carboxylic acids is 1. The molecule has 0 atom stereocenters. The molecule has 0 bridgehead atoms. The molecule has 0 heterocycles. The van der Waals surface area contributed by atoms with Crippen LogP contribution in [0.5, 0.6) is 0 Å². The van der Waals surface area contributed by atoms with Gasteiger partial charge in [0.05, 0.1) is 0 Å². The third-order valence-electron chi connectivity index (χ3n) is 4.08. The van der Waals surface area contributed by atoms with Crippen LogP contribution in [-0.2, 0) is 11.3 Å². The Morgan fingerprint density at radius 2 is 1.84 bits per heavy atom. The lowest BCUT2D eigenvalue weighted by Gasteiger charge is -2.28. The van der Waals surface area contributed by atoms with Crippen molar-refractivity contribution in [2.75, 3.05) is 0 Å². The molecule has 1 saturated carbocycles. The number of benzene rings is 1. The highest BCUT2D eigenvalue weighted by atomic mass is 16.2. The molecule has 2 rings (SSSR count).